The third kappa shape index (κ3) is 3.81. The Morgan fingerprint density at radius 1 is 1.60 bits per heavy atom. The van der Waals surface area contributed by atoms with Gasteiger partial charge in [0, 0.05) is 28.5 Å². The Bertz CT molecular complexity index is 496. The minimum Gasteiger partial charge on any atom is -0.493 e. The SMILES string of the molecule is CCOC(=O)C(N)CSCc1cc(Cl)cc2c1OCC2. The molecule has 0 saturated carbocycles. The number of esters is 1. The largest absolute Gasteiger partial charge is 0.493 e. The third-order valence-electron chi connectivity index (χ3n) is 2.97. The number of rotatable bonds is 6. The summed E-state index contributed by atoms with van der Waals surface area (Å²) in [7, 11) is 0. The molecule has 1 unspecified atom stereocenters. The van der Waals surface area contributed by atoms with Crippen LogP contribution in [0.4, 0.5) is 0 Å². The highest BCUT2D eigenvalue weighted by molar-refractivity contribution is 7.98. The first-order valence-electron chi connectivity index (χ1n) is 6.56. The lowest BCUT2D eigenvalue weighted by atomic mass is 10.1. The minimum atomic E-state index is -0.590. The van der Waals surface area contributed by atoms with Gasteiger partial charge in [-0.15, -0.1) is 0 Å². The Morgan fingerprint density at radius 3 is 3.15 bits per heavy atom. The van der Waals surface area contributed by atoms with Crippen molar-refractivity contribution in [2.24, 2.45) is 5.73 Å². The van der Waals surface area contributed by atoms with E-state index in [9.17, 15) is 4.79 Å². The van der Waals surface area contributed by atoms with Crippen molar-refractivity contribution in [1.29, 1.82) is 0 Å². The van der Waals surface area contributed by atoms with Crippen LogP contribution < -0.4 is 10.5 Å². The molecule has 20 heavy (non-hydrogen) atoms. The molecule has 0 fully saturated rings. The smallest absolute Gasteiger partial charge is 0.323 e. The average Bonchev–Trinajstić information content (AvgIpc) is 2.86. The summed E-state index contributed by atoms with van der Waals surface area (Å²) in [6, 6.07) is 3.27. The van der Waals surface area contributed by atoms with Crippen LogP contribution in [0.25, 0.3) is 0 Å². The van der Waals surface area contributed by atoms with Crippen molar-refractivity contribution < 1.29 is 14.3 Å². The van der Waals surface area contributed by atoms with Crippen molar-refractivity contribution in [1.82, 2.24) is 0 Å². The Morgan fingerprint density at radius 2 is 2.40 bits per heavy atom. The van der Waals surface area contributed by atoms with Crippen LogP contribution in [-0.2, 0) is 21.7 Å². The molecule has 1 atom stereocenters. The molecule has 0 radical (unpaired) electrons. The van der Waals surface area contributed by atoms with Gasteiger partial charge >= 0.3 is 5.97 Å². The summed E-state index contributed by atoms with van der Waals surface area (Å²) in [5.74, 6) is 1.81. The van der Waals surface area contributed by atoms with Gasteiger partial charge in [-0.25, -0.2) is 0 Å². The fraction of sp³-hybridized carbons (Fsp3) is 0.500. The van der Waals surface area contributed by atoms with Gasteiger partial charge in [0.15, 0.2) is 0 Å². The lowest BCUT2D eigenvalue weighted by Crippen LogP contribution is -2.34. The Labute approximate surface area is 127 Å². The van der Waals surface area contributed by atoms with Crippen molar-refractivity contribution in [2.75, 3.05) is 19.0 Å². The van der Waals surface area contributed by atoms with Crippen molar-refractivity contribution in [2.45, 2.75) is 25.1 Å². The lowest BCUT2D eigenvalue weighted by Gasteiger charge is -2.12. The summed E-state index contributed by atoms with van der Waals surface area (Å²) in [6.07, 6.45) is 0.899. The molecule has 1 aromatic rings. The van der Waals surface area contributed by atoms with Crippen LogP contribution in [0.2, 0.25) is 5.02 Å². The van der Waals surface area contributed by atoms with Crippen LogP contribution in [0.1, 0.15) is 18.1 Å². The van der Waals surface area contributed by atoms with Crippen LogP contribution in [0, 0.1) is 0 Å². The second kappa shape index (κ2) is 7.20. The third-order valence-corrected chi connectivity index (χ3v) is 4.30. The second-order valence-electron chi connectivity index (χ2n) is 4.53. The number of nitrogens with two attached hydrogens (primary N) is 1. The number of fused-ring (bicyclic) bond motifs is 1. The lowest BCUT2D eigenvalue weighted by molar-refractivity contribution is -0.144. The molecule has 2 rings (SSSR count). The first-order chi connectivity index (χ1) is 9.61. The predicted octanol–water partition coefficient (Wildman–Crippen LogP) is 2.40. The number of hydrogen-bond donors (Lipinski definition) is 1. The zero-order valence-corrected chi connectivity index (χ0v) is 12.9. The quantitative estimate of drug-likeness (QED) is 0.817. The van der Waals surface area contributed by atoms with E-state index >= 15 is 0 Å². The summed E-state index contributed by atoms with van der Waals surface area (Å²) in [6.45, 7) is 2.83. The zero-order chi connectivity index (χ0) is 14.5. The summed E-state index contributed by atoms with van der Waals surface area (Å²) in [4.78, 5) is 11.4. The van der Waals surface area contributed by atoms with Gasteiger partial charge in [-0.3, -0.25) is 4.79 Å². The monoisotopic (exact) mass is 315 g/mol. The van der Waals surface area contributed by atoms with Gasteiger partial charge in [0.2, 0.25) is 0 Å². The number of halogens is 1. The zero-order valence-electron chi connectivity index (χ0n) is 11.4. The molecular weight excluding hydrogens is 298 g/mol. The molecule has 0 spiro atoms. The second-order valence-corrected chi connectivity index (χ2v) is 5.99. The van der Waals surface area contributed by atoms with Gasteiger partial charge in [0.25, 0.3) is 0 Å². The highest BCUT2D eigenvalue weighted by atomic mass is 35.5. The number of thioether (sulfide) groups is 1. The molecule has 1 aliphatic heterocycles. The number of carbonyl (C=O) groups is 1. The van der Waals surface area contributed by atoms with Gasteiger partial charge < -0.3 is 15.2 Å². The van der Waals surface area contributed by atoms with Crippen molar-refractivity contribution in [3.05, 3.63) is 28.3 Å². The molecule has 0 aromatic heterocycles. The van der Waals surface area contributed by atoms with Gasteiger partial charge in [0.1, 0.15) is 11.8 Å². The first kappa shape index (κ1) is 15.5. The van der Waals surface area contributed by atoms with E-state index in [1.54, 1.807) is 18.7 Å². The average molecular weight is 316 g/mol. The molecule has 110 valence electrons. The Balaban J connectivity index is 1.90. The summed E-state index contributed by atoms with van der Waals surface area (Å²) in [5.41, 5.74) is 7.97. The normalized spacial score (nSPS) is 14.6. The van der Waals surface area contributed by atoms with E-state index in [1.165, 1.54) is 0 Å². The standard InChI is InChI=1S/C14H18ClNO3S/c1-2-18-14(17)12(16)8-20-7-10-6-11(15)5-9-3-4-19-13(9)10/h5-6,12H,2-4,7-8,16H2,1H3. The molecule has 0 amide bonds. The molecule has 2 N–H and O–H groups in total. The maximum Gasteiger partial charge on any atom is 0.323 e. The van der Waals surface area contributed by atoms with E-state index in [1.807, 2.05) is 12.1 Å². The number of benzene rings is 1. The van der Waals surface area contributed by atoms with E-state index in [4.69, 9.17) is 26.8 Å². The summed E-state index contributed by atoms with van der Waals surface area (Å²) < 4.78 is 10.5. The number of hydrogen-bond acceptors (Lipinski definition) is 5. The van der Waals surface area contributed by atoms with Crippen LogP contribution in [0.5, 0.6) is 5.75 Å². The van der Waals surface area contributed by atoms with Crippen LogP contribution >= 0.6 is 23.4 Å². The van der Waals surface area contributed by atoms with Crippen LogP contribution in [0.15, 0.2) is 12.1 Å². The first-order valence-corrected chi connectivity index (χ1v) is 8.09. The van der Waals surface area contributed by atoms with Crippen molar-refractivity contribution in [3.8, 4) is 5.75 Å². The molecule has 1 aliphatic rings. The van der Waals surface area contributed by atoms with Crippen molar-refractivity contribution in [3.63, 3.8) is 0 Å². The van der Waals surface area contributed by atoms with Gasteiger partial charge in [-0.05, 0) is 24.6 Å². The fourth-order valence-corrected chi connectivity index (χ4v) is 3.27. The molecule has 0 bridgehead atoms. The molecule has 6 heteroatoms. The van der Waals surface area contributed by atoms with Crippen molar-refractivity contribution >= 4 is 29.3 Å². The Hall–Kier alpha value is -0.910. The maximum absolute atomic E-state index is 11.4. The van der Waals surface area contributed by atoms with Gasteiger partial charge in [-0.1, -0.05) is 11.6 Å². The number of carbonyl (C=O) groups excluding carboxylic acids is 1. The van der Waals surface area contributed by atoms with Crippen LogP contribution in [0.3, 0.4) is 0 Å². The molecule has 1 aromatic carbocycles. The van der Waals surface area contributed by atoms with E-state index in [0.29, 0.717) is 19.0 Å². The molecule has 0 saturated heterocycles. The number of ether oxygens (including phenoxy) is 2. The van der Waals surface area contributed by atoms with E-state index in [2.05, 4.69) is 0 Å². The van der Waals surface area contributed by atoms with Crippen LogP contribution in [-0.4, -0.2) is 31.0 Å². The van der Waals surface area contributed by atoms with E-state index in [0.717, 1.165) is 34.1 Å². The Kier molecular flexibility index (Phi) is 5.57. The van der Waals surface area contributed by atoms with Gasteiger partial charge in [0.05, 0.1) is 13.2 Å². The predicted molar refractivity (Wildman–Crippen MR) is 81.4 cm³/mol. The van der Waals surface area contributed by atoms with E-state index < -0.39 is 6.04 Å². The molecule has 1 heterocycles. The summed E-state index contributed by atoms with van der Waals surface area (Å²) >= 11 is 7.68. The minimum absolute atomic E-state index is 0.354. The topological polar surface area (TPSA) is 61.5 Å². The molecular formula is C14H18ClNO3S. The summed E-state index contributed by atoms with van der Waals surface area (Å²) in [5, 5.41) is 0.722. The molecule has 0 aliphatic carbocycles. The molecule has 4 nitrogen and oxygen atoms in total. The van der Waals surface area contributed by atoms with E-state index in [-0.39, 0.29) is 5.97 Å². The highest BCUT2D eigenvalue weighted by Gasteiger charge is 2.19. The fourth-order valence-electron chi connectivity index (χ4n) is 2.07. The highest BCUT2D eigenvalue weighted by Crippen LogP contribution is 2.34. The maximum atomic E-state index is 11.4. The van der Waals surface area contributed by atoms with Gasteiger partial charge in [-0.2, -0.15) is 11.8 Å².